The van der Waals surface area contributed by atoms with Crippen LogP contribution in [0.3, 0.4) is 0 Å². The van der Waals surface area contributed by atoms with Gasteiger partial charge in [-0.25, -0.2) is 9.97 Å². The number of nitrogens with one attached hydrogen (secondary N) is 1. The van der Waals surface area contributed by atoms with Gasteiger partial charge in [0.25, 0.3) is 0 Å². The smallest absolute Gasteiger partial charge is 0.147 e. The fourth-order valence-electron chi connectivity index (χ4n) is 3.70. The molecule has 0 radical (unpaired) electrons. The van der Waals surface area contributed by atoms with E-state index >= 15 is 0 Å². The lowest BCUT2D eigenvalue weighted by atomic mass is 9.94. The van der Waals surface area contributed by atoms with Crippen LogP contribution in [0.5, 0.6) is 11.5 Å². The van der Waals surface area contributed by atoms with Gasteiger partial charge in [-0.2, -0.15) is 0 Å². The minimum atomic E-state index is -0.310. The van der Waals surface area contributed by atoms with Gasteiger partial charge in [0.05, 0.1) is 13.2 Å². The van der Waals surface area contributed by atoms with Crippen molar-refractivity contribution in [1.29, 1.82) is 0 Å². The third-order valence-corrected chi connectivity index (χ3v) is 5.28. The summed E-state index contributed by atoms with van der Waals surface area (Å²) in [6.07, 6.45) is 1.78. The summed E-state index contributed by atoms with van der Waals surface area (Å²) >= 11 is 0. The fraction of sp³-hybridized carbons (Fsp3) is 0.200. The Balaban J connectivity index is 1.87. The maximum Gasteiger partial charge on any atom is 0.147 e. The van der Waals surface area contributed by atoms with Crippen LogP contribution in [0.1, 0.15) is 34.0 Å². The Kier molecular flexibility index (Phi) is 5.27. The van der Waals surface area contributed by atoms with Crippen molar-refractivity contribution in [3.63, 3.8) is 0 Å². The van der Waals surface area contributed by atoms with Gasteiger partial charge >= 0.3 is 0 Å². The van der Waals surface area contributed by atoms with E-state index in [4.69, 9.17) is 4.74 Å². The van der Waals surface area contributed by atoms with Crippen LogP contribution in [0.15, 0.2) is 60.8 Å². The predicted molar refractivity (Wildman–Crippen MR) is 120 cm³/mol. The second kappa shape index (κ2) is 8.03. The number of anilines is 1. The first-order valence-corrected chi connectivity index (χ1v) is 9.89. The predicted octanol–water partition coefficient (Wildman–Crippen LogP) is 5.47. The number of methoxy groups -OCH3 is 1. The normalized spacial score (nSPS) is 12.0. The summed E-state index contributed by atoms with van der Waals surface area (Å²) < 4.78 is 5.42. The minimum Gasteiger partial charge on any atom is -0.505 e. The molecule has 2 N–H and O–H groups in total. The zero-order valence-electron chi connectivity index (χ0n) is 17.6. The number of phenols is 1. The highest BCUT2D eigenvalue weighted by Gasteiger charge is 2.21. The van der Waals surface area contributed by atoms with Gasteiger partial charge in [0.15, 0.2) is 0 Å². The van der Waals surface area contributed by atoms with Gasteiger partial charge in [-0.05, 0) is 67.8 Å². The summed E-state index contributed by atoms with van der Waals surface area (Å²) in [5.41, 5.74) is 5.33. The lowest BCUT2D eigenvalue weighted by Crippen LogP contribution is -2.14. The van der Waals surface area contributed by atoms with Crippen LogP contribution >= 0.6 is 0 Å². The fourth-order valence-corrected chi connectivity index (χ4v) is 3.70. The zero-order chi connectivity index (χ0) is 21.3. The van der Waals surface area contributed by atoms with Gasteiger partial charge in [0.1, 0.15) is 22.8 Å². The van der Waals surface area contributed by atoms with Gasteiger partial charge in [0, 0.05) is 22.8 Å². The lowest BCUT2D eigenvalue weighted by molar-refractivity contribution is 0.411. The van der Waals surface area contributed by atoms with E-state index in [0.717, 1.165) is 44.9 Å². The van der Waals surface area contributed by atoms with E-state index in [1.807, 2.05) is 69.3 Å². The quantitative estimate of drug-likeness (QED) is 0.466. The number of nitrogens with zero attached hydrogens (tertiary/aromatic N) is 2. The Morgan fingerprint density at radius 1 is 0.967 bits per heavy atom. The molecule has 0 amide bonds. The van der Waals surface area contributed by atoms with E-state index in [1.165, 1.54) is 0 Å². The second-order valence-electron chi connectivity index (χ2n) is 7.55. The molecule has 2 heterocycles. The first-order chi connectivity index (χ1) is 14.5. The molecule has 0 spiro atoms. The monoisotopic (exact) mass is 399 g/mol. The van der Waals surface area contributed by atoms with Crippen LogP contribution in [0.2, 0.25) is 0 Å². The van der Waals surface area contributed by atoms with E-state index < -0.39 is 0 Å². The van der Waals surface area contributed by atoms with Crippen molar-refractivity contribution in [2.75, 3.05) is 12.4 Å². The summed E-state index contributed by atoms with van der Waals surface area (Å²) in [5.74, 6) is 1.74. The molecule has 0 unspecified atom stereocenters. The number of hydrogen-bond donors (Lipinski definition) is 2. The molecule has 4 aromatic rings. The molecule has 152 valence electrons. The molecule has 0 saturated carbocycles. The standard InChI is InChI=1S/C25H25N3O2/c1-15-11-12-26-22(13-15)28-23(19-8-10-21(30-4)16(2)14-19)20-9-7-18-6-5-17(3)27-24(18)25(20)29/h5-14,23,29H,1-4H3,(H,26,28)/t23-/m0/s1. The van der Waals surface area contributed by atoms with Gasteiger partial charge in [-0.1, -0.05) is 24.3 Å². The first-order valence-electron chi connectivity index (χ1n) is 9.89. The molecule has 2 aromatic heterocycles. The molecule has 0 aliphatic carbocycles. The Hall–Kier alpha value is -3.60. The van der Waals surface area contributed by atoms with Gasteiger partial charge in [-0.3, -0.25) is 0 Å². The molecule has 30 heavy (non-hydrogen) atoms. The van der Waals surface area contributed by atoms with Crippen molar-refractivity contribution < 1.29 is 9.84 Å². The largest absolute Gasteiger partial charge is 0.505 e. The molecular formula is C25H25N3O2. The number of benzene rings is 2. The number of aryl methyl sites for hydroxylation is 3. The number of fused-ring (bicyclic) bond motifs is 1. The van der Waals surface area contributed by atoms with E-state index in [-0.39, 0.29) is 11.8 Å². The van der Waals surface area contributed by atoms with Crippen LogP contribution in [-0.2, 0) is 0 Å². The number of pyridine rings is 2. The van der Waals surface area contributed by atoms with Crippen LogP contribution in [-0.4, -0.2) is 22.2 Å². The van der Waals surface area contributed by atoms with Crippen LogP contribution in [0.25, 0.3) is 10.9 Å². The molecular weight excluding hydrogens is 374 g/mol. The minimum absolute atomic E-state index is 0.176. The number of aromatic nitrogens is 2. The Labute approximate surface area is 176 Å². The van der Waals surface area contributed by atoms with Crippen molar-refractivity contribution in [2.45, 2.75) is 26.8 Å². The topological polar surface area (TPSA) is 67.3 Å². The van der Waals surface area contributed by atoms with Gasteiger partial charge in [0.2, 0.25) is 0 Å². The Morgan fingerprint density at radius 2 is 1.77 bits per heavy atom. The molecule has 2 aromatic carbocycles. The highest BCUT2D eigenvalue weighted by atomic mass is 16.5. The summed E-state index contributed by atoms with van der Waals surface area (Å²) in [4.78, 5) is 9.02. The maximum absolute atomic E-state index is 11.2. The molecule has 0 fully saturated rings. The van der Waals surface area contributed by atoms with Crippen molar-refractivity contribution in [1.82, 2.24) is 9.97 Å². The Bertz CT molecular complexity index is 1220. The summed E-state index contributed by atoms with van der Waals surface area (Å²) in [6.45, 7) is 5.96. The number of aromatic hydroxyl groups is 1. The summed E-state index contributed by atoms with van der Waals surface area (Å²) in [6, 6.07) is 17.5. The molecule has 0 bridgehead atoms. The molecule has 1 atom stereocenters. The molecule has 0 aliphatic heterocycles. The molecule has 4 rings (SSSR count). The van der Waals surface area contributed by atoms with Crippen LogP contribution < -0.4 is 10.1 Å². The number of ether oxygens (including phenoxy) is 1. The number of phenolic OH excluding ortho intramolecular Hbond substituents is 1. The molecule has 5 heteroatoms. The average Bonchev–Trinajstić information content (AvgIpc) is 2.73. The number of rotatable bonds is 5. The third-order valence-electron chi connectivity index (χ3n) is 5.28. The highest BCUT2D eigenvalue weighted by Crippen LogP contribution is 2.37. The van der Waals surface area contributed by atoms with Crippen LogP contribution in [0.4, 0.5) is 5.82 Å². The SMILES string of the molecule is COc1ccc([C@H](Nc2cc(C)ccn2)c2ccc3ccc(C)nc3c2O)cc1C. The summed E-state index contributed by atoms with van der Waals surface area (Å²) in [7, 11) is 1.66. The van der Waals surface area contributed by atoms with Gasteiger partial charge in [-0.15, -0.1) is 0 Å². The van der Waals surface area contributed by atoms with Crippen molar-refractivity contribution in [2.24, 2.45) is 0 Å². The zero-order valence-corrected chi connectivity index (χ0v) is 17.6. The van der Waals surface area contributed by atoms with Crippen LogP contribution in [0, 0.1) is 20.8 Å². The lowest BCUT2D eigenvalue weighted by Gasteiger charge is -2.23. The van der Waals surface area contributed by atoms with Crippen molar-refractivity contribution >= 4 is 16.7 Å². The maximum atomic E-state index is 11.2. The third kappa shape index (κ3) is 3.79. The van der Waals surface area contributed by atoms with Crippen molar-refractivity contribution in [3.8, 4) is 11.5 Å². The molecule has 0 saturated heterocycles. The number of hydrogen-bond acceptors (Lipinski definition) is 5. The molecule has 0 aliphatic rings. The average molecular weight is 399 g/mol. The van der Waals surface area contributed by atoms with E-state index in [9.17, 15) is 5.11 Å². The Morgan fingerprint density at radius 3 is 2.50 bits per heavy atom. The van der Waals surface area contributed by atoms with Gasteiger partial charge < -0.3 is 15.2 Å². The highest BCUT2D eigenvalue weighted by molar-refractivity contribution is 5.86. The second-order valence-corrected chi connectivity index (χ2v) is 7.55. The van der Waals surface area contributed by atoms with Crippen molar-refractivity contribution in [3.05, 3.63) is 88.7 Å². The van der Waals surface area contributed by atoms with E-state index in [1.54, 1.807) is 13.3 Å². The first kappa shape index (κ1) is 19.7. The molecule has 5 nitrogen and oxygen atoms in total. The van der Waals surface area contributed by atoms with E-state index in [0.29, 0.717) is 5.52 Å². The van der Waals surface area contributed by atoms with E-state index in [2.05, 4.69) is 21.4 Å². The summed E-state index contributed by atoms with van der Waals surface area (Å²) in [5, 5.41) is 15.6.